The number of hydrogen-bond donors (Lipinski definition) is 1. The second-order valence-corrected chi connectivity index (χ2v) is 10.7. The second kappa shape index (κ2) is 6.47. The first-order valence-electron chi connectivity index (χ1n) is 12.2. The Morgan fingerprint density at radius 1 is 1.11 bits per heavy atom. The van der Waals surface area contributed by atoms with E-state index in [0.717, 1.165) is 5.56 Å². The van der Waals surface area contributed by atoms with Gasteiger partial charge in [-0.3, -0.25) is 9.80 Å². The van der Waals surface area contributed by atoms with Crippen LogP contribution in [0, 0.1) is 5.41 Å². The highest BCUT2D eigenvalue weighted by Gasteiger charge is 2.94. The van der Waals surface area contributed by atoms with E-state index in [-0.39, 0.29) is 18.4 Å². The topological polar surface area (TPSA) is 107 Å². The smallest absolute Gasteiger partial charge is 0.414 e. The number of amides is 1. The number of carbonyl (C=O) groups is 2. The van der Waals surface area contributed by atoms with Gasteiger partial charge in [0.05, 0.1) is 33.1 Å². The number of methoxy groups -OCH3 is 4. The third kappa shape index (κ3) is 1.84. The van der Waals surface area contributed by atoms with Crippen molar-refractivity contribution < 1.29 is 38.4 Å². The number of aliphatic hydroxyl groups is 1. The van der Waals surface area contributed by atoms with Gasteiger partial charge < -0.3 is 28.8 Å². The molecule has 1 unspecified atom stereocenters. The zero-order valence-electron chi connectivity index (χ0n) is 20.3. The molecule has 0 aromatic heterocycles. The number of ether oxygens (including phenoxy) is 5. The summed E-state index contributed by atoms with van der Waals surface area (Å²) in [5, 5.41) is 12.8. The second-order valence-electron chi connectivity index (χ2n) is 10.7. The Hall–Kier alpha value is -2.40. The summed E-state index contributed by atoms with van der Waals surface area (Å²) in [6, 6.07) is 5.60. The van der Waals surface area contributed by atoms with Crippen LogP contribution in [0.5, 0.6) is 5.75 Å². The van der Waals surface area contributed by atoms with Gasteiger partial charge in [-0.05, 0) is 30.9 Å². The summed E-state index contributed by atoms with van der Waals surface area (Å²) in [6.07, 6.45) is 0.209. The largest absolute Gasteiger partial charge is 0.495 e. The molecule has 5 aliphatic heterocycles. The Kier molecular flexibility index (Phi) is 4.04. The third-order valence-corrected chi connectivity index (χ3v) is 10.3. The zero-order valence-corrected chi connectivity index (χ0v) is 20.3. The summed E-state index contributed by atoms with van der Waals surface area (Å²) in [7, 11) is 5.82. The molecule has 8 atom stereocenters. The van der Waals surface area contributed by atoms with Crippen molar-refractivity contribution >= 4 is 17.7 Å². The summed E-state index contributed by atoms with van der Waals surface area (Å²) in [5.41, 5.74) is -3.54. The lowest BCUT2D eigenvalue weighted by atomic mass is 9.35. The quantitative estimate of drug-likeness (QED) is 0.630. The standard InChI is InChI=1S/C25H30N2O8/c1-31-14-7-5-6-13-17(14)27(21(29)34-4)24-9-8-22-15(32-2)12-16(26-11-10-23(13,24)18(22)26)35-19(22)25(24,30)20(28)33-3/h5-7,15-16,18-19,30H,8-12H2,1-4H3/t15-,16-,18-,19?,22+,23+,24-,25+/m0/s1. The molecule has 8 aliphatic rings. The molecular weight excluding hydrogens is 456 g/mol. The van der Waals surface area contributed by atoms with E-state index in [4.69, 9.17) is 23.7 Å². The van der Waals surface area contributed by atoms with E-state index in [1.165, 1.54) is 19.1 Å². The molecule has 0 radical (unpaired) electrons. The predicted octanol–water partition coefficient (Wildman–Crippen LogP) is 1.17. The summed E-state index contributed by atoms with van der Waals surface area (Å²) < 4.78 is 29.0. The van der Waals surface area contributed by atoms with Crippen molar-refractivity contribution in [3.63, 3.8) is 0 Å². The molecule has 5 heterocycles. The van der Waals surface area contributed by atoms with Crippen molar-refractivity contribution in [2.45, 2.75) is 66.7 Å². The number of rotatable bonds is 3. The van der Waals surface area contributed by atoms with Gasteiger partial charge in [-0.1, -0.05) is 12.1 Å². The predicted molar refractivity (Wildman–Crippen MR) is 120 cm³/mol. The molecule has 10 nitrogen and oxygen atoms in total. The maximum absolute atomic E-state index is 13.8. The Bertz CT molecular complexity index is 1160. The van der Waals surface area contributed by atoms with Crippen molar-refractivity contribution in [2.24, 2.45) is 5.41 Å². The monoisotopic (exact) mass is 486 g/mol. The van der Waals surface area contributed by atoms with Crippen LogP contribution < -0.4 is 9.64 Å². The lowest BCUT2D eigenvalue weighted by Gasteiger charge is -2.78. The molecule has 10 heteroatoms. The normalized spacial score (nSPS) is 45.8. The van der Waals surface area contributed by atoms with E-state index in [1.807, 2.05) is 12.1 Å². The molecule has 9 rings (SSSR count). The number of fused-ring (bicyclic) bond motifs is 3. The first-order valence-corrected chi connectivity index (χ1v) is 12.2. The van der Waals surface area contributed by atoms with Crippen LogP contribution in [0.3, 0.4) is 0 Å². The van der Waals surface area contributed by atoms with Crippen LogP contribution in [-0.2, 0) is 29.2 Å². The van der Waals surface area contributed by atoms with Crippen LogP contribution in [0.2, 0.25) is 0 Å². The Labute approximate surface area is 203 Å². The highest BCUT2D eigenvalue weighted by Crippen LogP contribution is 2.80. The van der Waals surface area contributed by atoms with Gasteiger partial charge in [-0.2, -0.15) is 0 Å². The number of para-hydroxylation sites is 1. The number of anilines is 1. The summed E-state index contributed by atoms with van der Waals surface area (Å²) in [5.74, 6) is -0.317. The highest BCUT2D eigenvalue weighted by atomic mass is 16.6. The molecule has 7 fully saturated rings. The maximum Gasteiger partial charge on any atom is 0.414 e. The molecule has 3 saturated carbocycles. The minimum atomic E-state index is -2.15. The average Bonchev–Trinajstić information content (AvgIpc) is 3.45. The molecule has 3 aliphatic carbocycles. The first kappa shape index (κ1) is 21.8. The molecule has 1 amide bonds. The lowest BCUT2D eigenvalue weighted by molar-refractivity contribution is -0.391. The van der Waals surface area contributed by atoms with Gasteiger partial charge in [0.15, 0.2) is 0 Å². The molecule has 35 heavy (non-hydrogen) atoms. The maximum atomic E-state index is 13.8. The van der Waals surface area contributed by atoms with Crippen LogP contribution in [0.4, 0.5) is 10.5 Å². The third-order valence-electron chi connectivity index (χ3n) is 10.3. The number of hydrogen-bond acceptors (Lipinski definition) is 9. The molecule has 188 valence electrons. The fraction of sp³-hybridized carbons (Fsp3) is 0.680. The Morgan fingerprint density at radius 3 is 2.60 bits per heavy atom. The van der Waals surface area contributed by atoms with Crippen molar-refractivity contribution in [2.75, 3.05) is 39.9 Å². The van der Waals surface area contributed by atoms with Crippen molar-refractivity contribution in [1.29, 1.82) is 0 Å². The van der Waals surface area contributed by atoms with Crippen molar-refractivity contribution in [3.05, 3.63) is 23.8 Å². The molecule has 5 bridgehead atoms. The van der Waals surface area contributed by atoms with E-state index < -0.39 is 40.1 Å². The van der Waals surface area contributed by atoms with Gasteiger partial charge in [0.2, 0.25) is 5.60 Å². The number of esters is 1. The van der Waals surface area contributed by atoms with E-state index in [0.29, 0.717) is 43.7 Å². The van der Waals surface area contributed by atoms with Crippen molar-refractivity contribution in [3.8, 4) is 5.75 Å². The number of carbonyl (C=O) groups excluding carboxylic acids is 2. The molecule has 1 N–H and O–H groups in total. The summed E-state index contributed by atoms with van der Waals surface area (Å²) >= 11 is 0. The average molecular weight is 487 g/mol. The molecule has 4 saturated heterocycles. The number of benzene rings is 1. The van der Waals surface area contributed by atoms with Gasteiger partial charge in [0.1, 0.15) is 23.6 Å². The summed E-state index contributed by atoms with van der Waals surface area (Å²) in [4.78, 5) is 31.3. The van der Waals surface area contributed by atoms with E-state index >= 15 is 0 Å². The SMILES string of the molecule is COC(=O)N1c2c(OC)cccc2[C@@]23CCN4[C@@H]5C[C@H](OC)[C@]6(CC[C@]12[C@](O)(C(=O)OC)C6O5)[C@H]43. The van der Waals surface area contributed by atoms with Gasteiger partial charge in [-0.25, -0.2) is 9.59 Å². The zero-order chi connectivity index (χ0) is 24.5. The molecule has 1 aromatic carbocycles. The van der Waals surface area contributed by atoms with E-state index in [1.54, 1.807) is 20.3 Å². The Morgan fingerprint density at radius 2 is 1.91 bits per heavy atom. The van der Waals surface area contributed by atoms with Crippen LogP contribution in [0.25, 0.3) is 0 Å². The minimum absolute atomic E-state index is 0.100. The molecule has 1 aromatic rings. The first-order chi connectivity index (χ1) is 16.8. The number of piperidine rings is 1. The van der Waals surface area contributed by atoms with Crippen molar-refractivity contribution in [1.82, 2.24) is 4.90 Å². The van der Waals surface area contributed by atoms with Gasteiger partial charge in [0, 0.05) is 36.9 Å². The highest BCUT2D eigenvalue weighted by molar-refractivity contribution is 6.01. The van der Waals surface area contributed by atoms with E-state index in [9.17, 15) is 14.7 Å². The van der Waals surface area contributed by atoms with E-state index in [2.05, 4.69) is 4.90 Å². The van der Waals surface area contributed by atoms with Gasteiger partial charge in [0.25, 0.3) is 0 Å². The minimum Gasteiger partial charge on any atom is -0.495 e. The van der Waals surface area contributed by atoms with Crippen LogP contribution >= 0.6 is 0 Å². The Balaban J connectivity index is 1.65. The van der Waals surface area contributed by atoms with Gasteiger partial charge >= 0.3 is 12.1 Å². The molecular formula is C25H30N2O8. The van der Waals surface area contributed by atoms with Crippen LogP contribution in [0.15, 0.2) is 18.2 Å². The summed E-state index contributed by atoms with van der Waals surface area (Å²) in [6.45, 7) is 0.713. The lowest BCUT2D eigenvalue weighted by Crippen LogP contribution is -2.95. The fourth-order valence-electron chi connectivity index (χ4n) is 9.63. The fourth-order valence-corrected chi connectivity index (χ4v) is 9.63. The molecule has 3 spiro atoms. The van der Waals surface area contributed by atoms with Crippen LogP contribution in [-0.4, -0.2) is 92.7 Å². The number of nitrogens with zero attached hydrogens (tertiary/aromatic N) is 2. The van der Waals surface area contributed by atoms with Crippen LogP contribution in [0.1, 0.15) is 31.2 Å². The van der Waals surface area contributed by atoms with Gasteiger partial charge in [-0.15, -0.1) is 0 Å².